The average molecular weight is 168 g/mol. The van der Waals surface area contributed by atoms with Crippen LogP contribution in [-0.2, 0) is 9.53 Å². The first-order valence-corrected chi connectivity index (χ1v) is 2.80. The third-order valence-corrected chi connectivity index (χ3v) is 0.795. The van der Waals surface area contributed by atoms with Gasteiger partial charge in [-0.2, -0.15) is 13.2 Å². The molecule has 11 heavy (non-hydrogen) atoms. The van der Waals surface area contributed by atoms with E-state index in [0.29, 0.717) is 6.08 Å². The van der Waals surface area contributed by atoms with Crippen molar-refractivity contribution in [3.63, 3.8) is 0 Å². The fourth-order valence-electron chi connectivity index (χ4n) is 0.435. The molecule has 0 amide bonds. The maximum Gasteiger partial charge on any atom is 0.449 e. The predicted octanol–water partition coefficient (Wildman–Crippen LogP) is 2.02. The highest BCUT2D eigenvalue weighted by atomic mass is 19.4. The van der Waals surface area contributed by atoms with Gasteiger partial charge < -0.3 is 4.74 Å². The highest BCUT2D eigenvalue weighted by Crippen LogP contribution is 2.26. The highest BCUT2D eigenvalue weighted by molar-refractivity contribution is 5.67. The summed E-state index contributed by atoms with van der Waals surface area (Å²) in [7, 11) is 0. The lowest BCUT2D eigenvalue weighted by Crippen LogP contribution is -2.16. The Morgan fingerprint density at radius 3 is 2.00 bits per heavy atom. The molecule has 0 spiro atoms. The Morgan fingerprint density at radius 1 is 1.45 bits per heavy atom. The minimum Gasteiger partial charge on any atom is -0.422 e. The summed E-state index contributed by atoms with van der Waals surface area (Å²) >= 11 is 0. The Morgan fingerprint density at radius 2 is 1.91 bits per heavy atom. The molecule has 0 saturated heterocycles. The van der Waals surface area contributed by atoms with Crippen LogP contribution in [0, 0.1) is 0 Å². The van der Waals surface area contributed by atoms with E-state index in [4.69, 9.17) is 0 Å². The van der Waals surface area contributed by atoms with Crippen LogP contribution >= 0.6 is 0 Å². The van der Waals surface area contributed by atoms with Crippen molar-refractivity contribution >= 4 is 5.97 Å². The van der Waals surface area contributed by atoms with Gasteiger partial charge in [-0.05, 0) is 13.0 Å². The van der Waals surface area contributed by atoms with E-state index in [9.17, 15) is 18.0 Å². The Labute approximate surface area is 61.6 Å². The van der Waals surface area contributed by atoms with Crippen LogP contribution in [0.1, 0.15) is 13.8 Å². The van der Waals surface area contributed by atoms with Crippen LogP contribution in [0.25, 0.3) is 0 Å². The summed E-state index contributed by atoms with van der Waals surface area (Å²) in [5.74, 6) is -2.25. The van der Waals surface area contributed by atoms with Crippen LogP contribution in [-0.4, -0.2) is 12.1 Å². The molecule has 0 rings (SSSR count). The molecule has 0 aliphatic carbocycles. The molecule has 0 saturated carbocycles. The molecule has 0 fully saturated rings. The van der Waals surface area contributed by atoms with Gasteiger partial charge in [0.05, 0.1) is 0 Å². The number of carbonyl (C=O) groups is 1. The van der Waals surface area contributed by atoms with E-state index in [0.717, 1.165) is 13.8 Å². The molecule has 0 unspecified atom stereocenters. The molecular weight excluding hydrogens is 161 g/mol. The summed E-state index contributed by atoms with van der Waals surface area (Å²) in [6.45, 7) is 2.06. The molecule has 0 aromatic heterocycles. The maximum atomic E-state index is 11.7. The standard InChI is InChI=1S/C6H7F3O2/c1-3-5(6(7,8)9)11-4(2)10/h3H,1-2H3. The molecule has 2 nitrogen and oxygen atoms in total. The van der Waals surface area contributed by atoms with Crippen LogP contribution in [0.4, 0.5) is 13.2 Å². The zero-order chi connectivity index (χ0) is 9.07. The topological polar surface area (TPSA) is 26.3 Å². The summed E-state index contributed by atoms with van der Waals surface area (Å²) in [5, 5.41) is 0. The summed E-state index contributed by atoms with van der Waals surface area (Å²) in [6, 6.07) is 0. The van der Waals surface area contributed by atoms with Crippen molar-refractivity contribution < 1.29 is 22.7 Å². The number of esters is 1. The Bertz CT molecular complexity index is 181. The summed E-state index contributed by atoms with van der Waals surface area (Å²) < 4.78 is 39.1. The Balaban J connectivity index is 4.33. The minimum absolute atomic E-state index is 0.696. The van der Waals surface area contributed by atoms with Crippen LogP contribution in [0.5, 0.6) is 0 Å². The Hall–Kier alpha value is -1.00. The van der Waals surface area contributed by atoms with Gasteiger partial charge in [-0.25, -0.2) is 0 Å². The SMILES string of the molecule is CC=C(OC(C)=O)C(F)(F)F. The number of ether oxygens (including phenoxy) is 1. The second-order valence-electron chi connectivity index (χ2n) is 1.74. The third-order valence-electron chi connectivity index (χ3n) is 0.795. The number of allylic oxidation sites excluding steroid dienone is 2. The van der Waals surface area contributed by atoms with E-state index in [1.807, 2.05) is 0 Å². The van der Waals surface area contributed by atoms with Gasteiger partial charge in [0.25, 0.3) is 0 Å². The molecule has 0 N–H and O–H groups in total. The van der Waals surface area contributed by atoms with Crippen LogP contribution in [0.3, 0.4) is 0 Å². The molecule has 0 aliphatic rings. The molecule has 64 valence electrons. The summed E-state index contributed by atoms with van der Waals surface area (Å²) in [4.78, 5) is 10.1. The molecular formula is C6H7F3O2. The molecule has 0 bridgehead atoms. The number of rotatable bonds is 1. The van der Waals surface area contributed by atoms with E-state index in [1.165, 1.54) is 0 Å². The first kappa shape index (κ1) is 10.0. The van der Waals surface area contributed by atoms with Crippen molar-refractivity contribution in [3.05, 3.63) is 11.8 Å². The minimum atomic E-state index is -4.58. The smallest absolute Gasteiger partial charge is 0.422 e. The van der Waals surface area contributed by atoms with Gasteiger partial charge in [0, 0.05) is 6.92 Å². The zero-order valence-electron chi connectivity index (χ0n) is 6.03. The highest BCUT2D eigenvalue weighted by Gasteiger charge is 2.36. The van der Waals surface area contributed by atoms with E-state index >= 15 is 0 Å². The third kappa shape index (κ3) is 3.64. The average Bonchev–Trinajstić information content (AvgIpc) is 1.79. The fourth-order valence-corrected chi connectivity index (χ4v) is 0.435. The molecule has 0 radical (unpaired) electrons. The van der Waals surface area contributed by atoms with Crippen LogP contribution in [0.2, 0.25) is 0 Å². The maximum absolute atomic E-state index is 11.7. The second kappa shape index (κ2) is 3.41. The molecule has 0 heterocycles. The van der Waals surface area contributed by atoms with Gasteiger partial charge >= 0.3 is 12.1 Å². The Kier molecular flexibility index (Phi) is 3.10. The zero-order valence-corrected chi connectivity index (χ0v) is 6.03. The van der Waals surface area contributed by atoms with Crippen molar-refractivity contribution in [2.24, 2.45) is 0 Å². The molecule has 0 aromatic carbocycles. The van der Waals surface area contributed by atoms with Gasteiger partial charge in [0.2, 0.25) is 5.76 Å². The number of hydrogen-bond acceptors (Lipinski definition) is 2. The lowest BCUT2D eigenvalue weighted by atomic mass is 10.4. The van der Waals surface area contributed by atoms with E-state index in [-0.39, 0.29) is 0 Å². The van der Waals surface area contributed by atoms with Gasteiger partial charge in [-0.1, -0.05) is 0 Å². The van der Waals surface area contributed by atoms with Crippen molar-refractivity contribution in [3.8, 4) is 0 Å². The van der Waals surface area contributed by atoms with Gasteiger partial charge in [-0.15, -0.1) is 0 Å². The van der Waals surface area contributed by atoms with Crippen molar-refractivity contribution in [2.45, 2.75) is 20.0 Å². The lowest BCUT2D eigenvalue weighted by molar-refractivity contribution is -0.158. The van der Waals surface area contributed by atoms with E-state index in [1.54, 1.807) is 0 Å². The molecule has 5 heteroatoms. The number of carbonyl (C=O) groups excluding carboxylic acids is 1. The largest absolute Gasteiger partial charge is 0.449 e. The fraction of sp³-hybridized carbons (Fsp3) is 0.500. The number of alkyl halides is 3. The van der Waals surface area contributed by atoms with Crippen molar-refractivity contribution in [1.29, 1.82) is 0 Å². The quantitative estimate of drug-likeness (QED) is 0.442. The first-order valence-electron chi connectivity index (χ1n) is 2.80. The van der Waals surface area contributed by atoms with Gasteiger partial charge in [0.15, 0.2) is 0 Å². The lowest BCUT2D eigenvalue weighted by Gasteiger charge is -2.08. The van der Waals surface area contributed by atoms with Gasteiger partial charge in [0.1, 0.15) is 0 Å². The normalized spacial score (nSPS) is 13.0. The molecule has 0 aromatic rings. The van der Waals surface area contributed by atoms with E-state index in [2.05, 4.69) is 4.74 Å². The molecule has 0 aliphatic heterocycles. The van der Waals surface area contributed by atoms with Crippen molar-refractivity contribution in [2.75, 3.05) is 0 Å². The first-order chi connectivity index (χ1) is 4.88. The summed E-state index contributed by atoms with van der Waals surface area (Å²) in [5.41, 5.74) is 0. The second-order valence-corrected chi connectivity index (χ2v) is 1.74. The van der Waals surface area contributed by atoms with Crippen LogP contribution < -0.4 is 0 Å². The monoisotopic (exact) mass is 168 g/mol. The van der Waals surface area contributed by atoms with E-state index < -0.39 is 17.9 Å². The molecule has 0 atom stereocenters. The van der Waals surface area contributed by atoms with Crippen LogP contribution in [0.15, 0.2) is 11.8 Å². The predicted molar refractivity (Wildman–Crippen MR) is 31.6 cm³/mol. The number of hydrogen-bond donors (Lipinski definition) is 0. The summed E-state index contributed by atoms with van der Waals surface area (Å²) in [6.07, 6.45) is -3.89. The van der Waals surface area contributed by atoms with Crippen molar-refractivity contribution in [1.82, 2.24) is 0 Å². The number of halogens is 3. The van der Waals surface area contributed by atoms with Gasteiger partial charge in [-0.3, -0.25) is 4.79 Å².